The van der Waals surface area contributed by atoms with Gasteiger partial charge in [-0.2, -0.15) is 0 Å². The number of fused-ring (bicyclic) bond motifs is 3. The van der Waals surface area contributed by atoms with Crippen molar-refractivity contribution in [2.24, 2.45) is 0 Å². The molecule has 0 fully saturated rings. The summed E-state index contributed by atoms with van der Waals surface area (Å²) >= 11 is 0. The fourth-order valence-electron chi connectivity index (χ4n) is 3.64. The summed E-state index contributed by atoms with van der Waals surface area (Å²) in [5, 5.41) is 20.1. The zero-order chi connectivity index (χ0) is 21.5. The van der Waals surface area contributed by atoms with Gasteiger partial charge in [-0.1, -0.05) is 30.3 Å². The second-order valence-corrected chi connectivity index (χ2v) is 6.93. The van der Waals surface area contributed by atoms with Crippen LogP contribution in [0.5, 0.6) is 5.75 Å². The van der Waals surface area contributed by atoms with Crippen molar-refractivity contribution in [2.45, 2.75) is 6.42 Å². The second-order valence-electron chi connectivity index (χ2n) is 6.93. The van der Waals surface area contributed by atoms with Gasteiger partial charge in [0.2, 0.25) is 5.91 Å². The van der Waals surface area contributed by atoms with E-state index in [1.165, 1.54) is 11.0 Å². The molecule has 2 N–H and O–H groups in total. The smallest absolute Gasteiger partial charge is 0.296 e. The molecule has 6 rings (SSSR count). The summed E-state index contributed by atoms with van der Waals surface area (Å²) in [6.07, 6.45) is 0.303. The molecule has 0 unspecified atom stereocenters. The molecule has 152 valence electrons. The van der Waals surface area contributed by atoms with Crippen molar-refractivity contribution in [3.8, 4) is 5.75 Å². The van der Waals surface area contributed by atoms with Gasteiger partial charge in [0.25, 0.3) is 11.7 Å². The third-order valence-electron chi connectivity index (χ3n) is 5.05. The Morgan fingerprint density at radius 3 is 2.55 bits per heavy atom. The molecule has 2 amide bonds. The Hall–Kier alpha value is -4.53. The van der Waals surface area contributed by atoms with E-state index in [9.17, 15) is 19.5 Å². The molecule has 1 aromatic heterocycles. The molecule has 0 bridgehead atoms. The van der Waals surface area contributed by atoms with Crippen molar-refractivity contribution in [3.05, 3.63) is 71.8 Å². The summed E-state index contributed by atoms with van der Waals surface area (Å²) in [5.74, 6) is -1.12. The predicted molar refractivity (Wildman–Crippen MR) is 110 cm³/mol. The number of phenolic OH excluding ortho intramolecular Hbond substituents is 1. The van der Waals surface area contributed by atoms with Gasteiger partial charge in [0.1, 0.15) is 17.0 Å². The molecule has 4 aromatic rings. The highest BCUT2D eigenvalue weighted by Gasteiger charge is 2.32. The van der Waals surface area contributed by atoms with Gasteiger partial charge in [-0.3, -0.25) is 19.3 Å². The molecule has 3 heterocycles. The van der Waals surface area contributed by atoms with Crippen LogP contribution in [0.25, 0.3) is 11.0 Å². The number of benzene rings is 3. The number of Topliss-reactive ketones (excluding diaryl/α,β-unsaturated/α-hetero) is 1. The minimum atomic E-state index is -0.536. The van der Waals surface area contributed by atoms with Crippen LogP contribution in [0.1, 0.15) is 15.9 Å². The fraction of sp³-hybridized carbons (Fsp3) is 0.0455. The molecular formula is C22H14N4O5. The summed E-state index contributed by atoms with van der Waals surface area (Å²) in [6, 6.07) is 17.4. The van der Waals surface area contributed by atoms with Gasteiger partial charge in [-0.05, 0) is 46.2 Å². The van der Waals surface area contributed by atoms with Crippen molar-refractivity contribution >= 4 is 45.7 Å². The second kappa shape index (κ2) is 7.06. The summed E-state index contributed by atoms with van der Waals surface area (Å²) in [4.78, 5) is 35.5. The summed E-state index contributed by atoms with van der Waals surface area (Å²) in [5.41, 5.74) is 3.94. The van der Waals surface area contributed by atoms with Crippen molar-refractivity contribution in [1.29, 1.82) is 0 Å². The van der Waals surface area contributed by atoms with E-state index in [2.05, 4.69) is 15.6 Å². The van der Waals surface area contributed by atoms with Crippen LogP contribution in [0.4, 0.5) is 17.1 Å². The van der Waals surface area contributed by atoms with Gasteiger partial charge in [0.05, 0.1) is 23.4 Å². The van der Waals surface area contributed by atoms with E-state index >= 15 is 0 Å². The van der Waals surface area contributed by atoms with Crippen LogP contribution in [0.3, 0.4) is 0 Å². The molecule has 0 saturated heterocycles. The van der Waals surface area contributed by atoms with E-state index < -0.39 is 11.7 Å². The Labute approximate surface area is 174 Å². The molecule has 2 aliphatic heterocycles. The van der Waals surface area contributed by atoms with Crippen LogP contribution >= 0.6 is 0 Å². The van der Waals surface area contributed by atoms with Gasteiger partial charge < -0.3 is 10.4 Å². The van der Waals surface area contributed by atoms with E-state index in [-0.39, 0.29) is 11.7 Å². The number of anilines is 3. The Morgan fingerprint density at radius 1 is 0.935 bits per heavy atom. The number of hydrogen-bond acceptors (Lipinski definition) is 7. The van der Waals surface area contributed by atoms with E-state index in [0.29, 0.717) is 34.4 Å². The number of phenols is 1. The number of nitrogens with one attached hydrogen (secondary N) is 1. The van der Waals surface area contributed by atoms with Crippen molar-refractivity contribution in [2.75, 3.05) is 10.2 Å². The molecular weight excluding hydrogens is 400 g/mol. The molecule has 0 aliphatic carbocycles. The third kappa shape index (κ3) is 2.99. The van der Waals surface area contributed by atoms with Crippen LogP contribution in [0.2, 0.25) is 0 Å². The highest BCUT2D eigenvalue weighted by atomic mass is 16.6. The number of carbonyl (C=O) groups excluding carboxylic acids is 3. The molecule has 0 atom stereocenters. The first-order chi connectivity index (χ1) is 15.0. The number of rotatable bonds is 1. The van der Waals surface area contributed by atoms with E-state index in [4.69, 9.17) is 4.63 Å². The van der Waals surface area contributed by atoms with Gasteiger partial charge in [-0.25, -0.2) is 4.63 Å². The van der Waals surface area contributed by atoms with Crippen LogP contribution in [0, 0.1) is 0 Å². The first-order valence-corrected chi connectivity index (χ1v) is 9.34. The number of carbonyl (C=O) groups is 3. The zero-order valence-corrected chi connectivity index (χ0v) is 15.9. The number of nitrogens with zero attached hydrogens (tertiary/aromatic N) is 3. The normalized spacial score (nSPS) is 14.2. The molecule has 0 saturated carbocycles. The minimum absolute atomic E-state index is 0.0294. The standard InChI is InChI=1S/C14H9N3O3.C8H5NO2/c18-11-6-5-9-13(16-20-15-9)14(11)17-10-4-2-1-3-8(10)7-12(17)19;10-7-5-3-1-2-4-6(5)9-8(7)11/h1-6,18H,7H2;1-4H,(H,9,10,11). The van der Waals surface area contributed by atoms with Crippen molar-refractivity contribution in [3.63, 3.8) is 0 Å². The van der Waals surface area contributed by atoms with Crippen LogP contribution in [-0.4, -0.2) is 33.0 Å². The van der Waals surface area contributed by atoms with Crippen LogP contribution in [0.15, 0.2) is 65.3 Å². The quantitative estimate of drug-likeness (QED) is 0.459. The largest absolute Gasteiger partial charge is 0.506 e. The lowest BCUT2D eigenvalue weighted by atomic mass is 10.1. The number of hydrogen-bond donors (Lipinski definition) is 2. The van der Waals surface area contributed by atoms with E-state index in [1.807, 2.05) is 24.3 Å². The predicted octanol–water partition coefficient (Wildman–Crippen LogP) is 2.97. The number of aromatic hydroxyl groups is 1. The van der Waals surface area contributed by atoms with E-state index in [0.717, 1.165) is 11.3 Å². The Kier molecular flexibility index (Phi) is 4.21. The first-order valence-electron chi connectivity index (χ1n) is 9.34. The number of aromatic nitrogens is 2. The summed E-state index contributed by atoms with van der Waals surface area (Å²) < 4.78 is 4.69. The third-order valence-corrected chi connectivity index (χ3v) is 5.05. The number of ketones is 1. The molecule has 3 aromatic carbocycles. The average molecular weight is 414 g/mol. The van der Waals surface area contributed by atoms with Crippen LogP contribution in [-0.2, 0) is 16.0 Å². The van der Waals surface area contributed by atoms with Gasteiger partial charge in [-0.15, -0.1) is 0 Å². The maximum atomic E-state index is 12.3. The van der Waals surface area contributed by atoms with Crippen molar-refractivity contribution < 1.29 is 24.1 Å². The van der Waals surface area contributed by atoms with E-state index in [1.54, 1.807) is 30.3 Å². The topological polar surface area (TPSA) is 126 Å². The van der Waals surface area contributed by atoms with Gasteiger partial charge in [0, 0.05) is 0 Å². The monoisotopic (exact) mass is 414 g/mol. The van der Waals surface area contributed by atoms with Crippen LogP contribution < -0.4 is 10.2 Å². The zero-order valence-electron chi connectivity index (χ0n) is 15.9. The van der Waals surface area contributed by atoms with Gasteiger partial charge in [0.15, 0.2) is 5.52 Å². The minimum Gasteiger partial charge on any atom is -0.506 e. The first kappa shape index (κ1) is 18.5. The number of amides is 2. The lowest BCUT2D eigenvalue weighted by Crippen LogP contribution is -2.21. The highest BCUT2D eigenvalue weighted by molar-refractivity contribution is 6.51. The highest BCUT2D eigenvalue weighted by Crippen LogP contribution is 2.42. The fourth-order valence-corrected chi connectivity index (χ4v) is 3.64. The molecule has 9 heteroatoms. The Bertz CT molecular complexity index is 1380. The average Bonchev–Trinajstić information content (AvgIpc) is 3.45. The van der Waals surface area contributed by atoms with Gasteiger partial charge >= 0.3 is 0 Å². The molecule has 0 spiro atoms. The Balaban J connectivity index is 0.000000157. The van der Waals surface area contributed by atoms with Crippen molar-refractivity contribution in [1.82, 2.24) is 10.3 Å². The lowest BCUT2D eigenvalue weighted by Gasteiger charge is -2.18. The molecule has 31 heavy (non-hydrogen) atoms. The maximum Gasteiger partial charge on any atom is 0.296 e. The molecule has 0 radical (unpaired) electrons. The molecule has 2 aliphatic rings. The Morgan fingerprint density at radius 2 is 1.71 bits per heavy atom. The SMILES string of the molecule is O=C1Cc2ccccc2N1c1c(O)ccc2nonc12.O=C1Nc2ccccc2C1=O. The maximum absolute atomic E-state index is 12.3. The lowest BCUT2D eigenvalue weighted by molar-refractivity contribution is -0.116. The summed E-state index contributed by atoms with van der Waals surface area (Å²) in [6.45, 7) is 0. The molecule has 9 nitrogen and oxygen atoms in total. The summed E-state index contributed by atoms with van der Waals surface area (Å²) in [7, 11) is 0. The number of para-hydroxylation sites is 2.